The molecule has 1 saturated heterocycles. The summed E-state index contributed by atoms with van der Waals surface area (Å²) in [7, 11) is 0. The summed E-state index contributed by atoms with van der Waals surface area (Å²) < 4.78 is 5.99. The number of hydrogen-bond donors (Lipinski definition) is 1. The Bertz CT molecular complexity index is 588. The van der Waals surface area contributed by atoms with Crippen LogP contribution in [0.5, 0.6) is 0 Å². The Morgan fingerprint density at radius 3 is 2.32 bits per heavy atom. The van der Waals surface area contributed by atoms with E-state index >= 15 is 0 Å². The summed E-state index contributed by atoms with van der Waals surface area (Å²) in [6.45, 7) is 12.6. The standard InChI is InChI=1S/C21H33NO3/c1-15(2)21(12-11-20(5,6)24)13-14-22(19(23)25-21)17(4)18-9-7-16(3)8-10-18/h7-10,15,17,24H,11-14H2,1-6H3/t17-,21?/m0/s1. The zero-order chi connectivity index (χ0) is 18.8. The predicted octanol–water partition coefficient (Wildman–Crippen LogP) is 4.84. The van der Waals surface area contributed by atoms with E-state index < -0.39 is 11.2 Å². The number of cyclic esters (lactones) is 1. The van der Waals surface area contributed by atoms with E-state index in [0.29, 0.717) is 19.4 Å². The average Bonchev–Trinajstić information content (AvgIpc) is 2.52. The number of hydrogen-bond acceptors (Lipinski definition) is 3. The molecule has 1 aliphatic heterocycles. The van der Waals surface area contributed by atoms with Crippen LogP contribution in [0.2, 0.25) is 0 Å². The van der Waals surface area contributed by atoms with Gasteiger partial charge < -0.3 is 14.7 Å². The highest BCUT2D eigenvalue weighted by Gasteiger charge is 2.44. The van der Waals surface area contributed by atoms with Gasteiger partial charge in [-0.2, -0.15) is 0 Å². The van der Waals surface area contributed by atoms with E-state index in [2.05, 4.69) is 45.0 Å². The number of rotatable bonds is 6. The molecule has 1 aromatic carbocycles. The summed E-state index contributed by atoms with van der Waals surface area (Å²) >= 11 is 0. The molecule has 2 atom stereocenters. The zero-order valence-electron chi connectivity index (χ0n) is 16.5. The molecule has 4 heteroatoms. The van der Waals surface area contributed by atoms with Gasteiger partial charge in [0.25, 0.3) is 0 Å². The number of aliphatic hydroxyl groups is 1. The number of ether oxygens (including phenoxy) is 1. The second-order valence-electron chi connectivity index (χ2n) is 8.43. The first-order chi connectivity index (χ1) is 11.5. The van der Waals surface area contributed by atoms with Gasteiger partial charge in [0.05, 0.1) is 11.6 Å². The van der Waals surface area contributed by atoms with Crippen molar-refractivity contribution in [2.75, 3.05) is 6.54 Å². The largest absolute Gasteiger partial charge is 0.442 e. The van der Waals surface area contributed by atoms with E-state index in [9.17, 15) is 9.90 Å². The molecule has 1 heterocycles. The van der Waals surface area contributed by atoms with Gasteiger partial charge in [-0.15, -0.1) is 0 Å². The fourth-order valence-corrected chi connectivity index (χ4v) is 3.45. The van der Waals surface area contributed by atoms with E-state index in [-0.39, 0.29) is 18.1 Å². The van der Waals surface area contributed by atoms with Crippen LogP contribution in [0.15, 0.2) is 24.3 Å². The molecule has 0 radical (unpaired) electrons. The molecule has 140 valence electrons. The van der Waals surface area contributed by atoms with Crippen molar-refractivity contribution in [2.45, 2.75) is 78.0 Å². The summed E-state index contributed by atoms with van der Waals surface area (Å²) in [6.07, 6.45) is 1.85. The normalized spacial score (nSPS) is 22.9. The predicted molar refractivity (Wildman–Crippen MR) is 100 cm³/mol. The van der Waals surface area contributed by atoms with E-state index in [0.717, 1.165) is 12.0 Å². The molecule has 4 nitrogen and oxygen atoms in total. The van der Waals surface area contributed by atoms with Gasteiger partial charge in [0.15, 0.2) is 0 Å². The molecule has 1 fully saturated rings. The number of carbonyl (C=O) groups excluding carboxylic acids is 1. The highest BCUT2D eigenvalue weighted by atomic mass is 16.6. The van der Waals surface area contributed by atoms with E-state index in [1.807, 2.05) is 11.8 Å². The third kappa shape index (κ3) is 4.75. The number of amides is 1. The lowest BCUT2D eigenvalue weighted by molar-refractivity contribution is -0.0968. The quantitative estimate of drug-likeness (QED) is 0.801. The highest BCUT2D eigenvalue weighted by molar-refractivity contribution is 5.70. The first kappa shape index (κ1) is 19.8. The topological polar surface area (TPSA) is 49.8 Å². The van der Waals surface area contributed by atoms with Crippen LogP contribution in [0.4, 0.5) is 4.79 Å². The fraction of sp³-hybridized carbons (Fsp3) is 0.667. The Morgan fingerprint density at radius 2 is 1.84 bits per heavy atom. The third-order valence-electron chi connectivity index (χ3n) is 5.54. The van der Waals surface area contributed by atoms with Gasteiger partial charge in [0.1, 0.15) is 5.60 Å². The third-order valence-corrected chi connectivity index (χ3v) is 5.54. The number of aryl methyl sites for hydroxylation is 1. The molecular weight excluding hydrogens is 314 g/mol. The highest BCUT2D eigenvalue weighted by Crippen LogP contribution is 2.39. The molecule has 0 aromatic heterocycles. The molecule has 1 aromatic rings. The summed E-state index contributed by atoms with van der Waals surface area (Å²) in [6, 6.07) is 8.29. The van der Waals surface area contributed by atoms with Crippen molar-refractivity contribution in [2.24, 2.45) is 5.92 Å². The number of benzene rings is 1. The van der Waals surface area contributed by atoms with Crippen molar-refractivity contribution in [3.63, 3.8) is 0 Å². The van der Waals surface area contributed by atoms with Crippen LogP contribution in [0, 0.1) is 12.8 Å². The molecule has 2 rings (SSSR count). The minimum absolute atomic E-state index is 0.00690. The Balaban J connectivity index is 2.11. The second kappa shape index (κ2) is 7.36. The van der Waals surface area contributed by atoms with Crippen LogP contribution in [-0.4, -0.2) is 33.8 Å². The number of nitrogens with zero attached hydrogens (tertiary/aromatic N) is 1. The lowest BCUT2D eigenvalue weighted by Crippen LogP contribution is -2.53. The molecule has 1 N–H and O–H groups in total. The Hall–Kier alpha value is -1.55. The Labute approximate surface area is 152 Å². The van der Waals surface area contributed by atoms with Gasteiger partial charge in [0, 0.05) is 13.0 Å². The van der Waals surface area contributed by atoms with Crippen molar-refractivity contribution in [1.29, 1.82) is 0 Å². The van der Waals surface area contributed by atoms with Crippen molar-refractivity contribution >= 4 is 6.09 Å². The van der Waals surface area contributed by atoms with Crippen molar-refractivity contribution in [3.05, 3.63) is 35.4 Å². The maximum Gasteiger partial charge on any atom is 0.410 e. The molecule has 0 spiro atoms. The van der Waals surface area contributed by atoms with Crippen LogP contribution >= 0.6 is 0 Å². The molecule has 0 aliphatic carbocycles. The van der Waals surface area contributed by atoms with Crippen LogP contribution in [0.3, 0.4) is 0 Å². The zero-order valence-corrected chi connectivity index (χ0v) is 16.5. The Morgan fingerprint density at radius 1 is 1.24 bits per heavy atom. The molecule has 1 unspecified atom stereocenters. The second-order valence-corrected chi connectivity index (χ2v) is 8.43. The molecule has 0 saturated carbocycles. The van der Waals surface area contributed by atoms with Gasteiger partial charge in [-0.25, -0.2) is 4.79 Å². The van der Waals surface area contributed by atoms with Crippen molar-refractivity contribution in [3.8, 4) is 0 Å². The molecular formula is C21H33NO3. The summed E-state index contributed by atoms with van der Waals surface area (Å²) in [4.78, 5) is 14.6. The number of carbonyl (C=O) groups is 1. The van der Waals surface area contributed by atoms with Crippen LogP contribution in [0.1, 0.15) is 71.0 Å². The molecule has 1 amide bonds. The van der Waals surface area contributed by atoms with Gasteiger partial charge in [-0.05, 0) is 52.0 Å². The molecule has 25 heavy (non-hydrogen) atoms. The summed E-state index contributed by atoms with van der Waals surface area (Å²) in [5, 5.41) is 10.1. The monoisotopic (exact) mass is 347 g/mol. The van der Waals surface area contributed by atoms with E-state index in [1.54, 1.807) is 13.8 Å². The first-order valence-corrected chi connectivity index (χ1v) is 9.33. The minimum atomic E-state index is -0.749. The fourth-order valence-electron chi connectivity index (χ4n) is 3.45. The van der Waals surface area contributed by atoms with Gasteiger partial charge >= 0.3 is 6.09 Å². The maximum atomic E-state index is 12.8. The molecule has 0 bridgehead atoms. The van der Waals surface area contributed by atoms with Gasteiger partial charge in [-0.3, -0.25) is 0 Å². The van der Waals surface area contributed by atoms with Crippen LogP contribution in [0.25, 0.3) is 0 Å². The molecule has 1 aliphatic rings. The first-order valence-electron chi connectivity index (χ1n) is 9.33. The lowest BCUT2D eigenvalue weighted by atomic mass is 9.79. The average molecular weight is 347 g/mol. The van der Waals surface area contributed by atoms with Gasteiger partial charge in [0.2, 0.25) is 0 Å². The summed E-state index contributed by atoms with van der Waals surface area (Å²) in [5.41, 5.74) is 1.10. The van der Waals surface area contributed by atoms with Crippen molar-refractivity contribution in [1.82, 2.24) is 4.90 Å². The Kier molecular flexibility index (Phi) is 5.82. The van der Waals surface area contributed by atoms with Gasteiger partial charge in [-0.1, -0.05) is 43.7 Å². The van der Waals surface area contributed by atoms with E-state index in [1.165, 1.54) is 5.56 Å². The van der Waals surface area contributed by atoms with Crippen LogP contribution < -0.4 is 0 Å². The summed E-state index contributed by atoms with van der Waals surface area (Å²) in [5.74, 6) is 0.218. The SMILES string of the molecule is Cc1ccc([C@H](C)N2CCC(CCC(C)(C)O)(C(C)C)OC2=O)cc1. The smallest absolute Gasteiger partial charge is 0.410 e. The lowest BCUT2D eigenvalue weighted by Gasteiger charge is -2.46. The maximum absolute atomic E-state index is 12.8. The van der Waals surface area contributed by atoms with Crippen LogP contribution in [-0.2, 0) is 4.74 Å². The van der Waals surface area contributed by atoms with E-state index in [4.69, 9.17) is 4.74 Å². The van der Waals surface area contributed by atoms with Crippen molar-refractivity contribution < 1.29 is 14.6 Å². The minimum Gasteiger partial charge on any atom is -0.442 e.